The van der Waals surface area contributed by atoms with Crippen molar-refractivity contribution in [3.05, 3.63) is 17.3 Å². The lowest BCUT2D eigenvalue weighted by atomic mass is 10.3. The van der Waals surface area contributed by atoms with Gasteiger partial charge >= 0.3 is 12.0 Å². The summed E-state index contributed by atoms with van der Waals surface area (Å²) in [5, 5.41) is 5.41. The van der Waals surface area contributed by atoms with Gasteiger partial charge in [-0.05, 0) is 13.8 Å². The summed E-state index contributed by atoms with van der Waals surface area (Å²) in [5.41, 5.74) is 0.0431. The maximum absolute atomic E-state index is 12.7. The van der Waals surface area contributed by atoms with E-state index in [1.165, 1.54) is 27.3 Å². The fourth-order valence-corrected chi connectivity index (χ4v) is 3.53. The molecule has 2 rings (SSSR count). The Morgan fingerprint density at radius 3 is 2.48 bits per heavy atom. The number of nitrogens with one attached hydrogen (secondary N) is 2. The number of anilines is 1. The van der Waals surface area contributed by atoms with Gasteiger partial charge in [0.1, 0.15) is 0 Å². The van der Waals surface area contributed by atoms with E-state index in [4.69, 9.17) is 14.2 Å². The third kappa shape index (κ3) is 4.90. The molecule has 2 aromatic rings. The second-order valence-corrected chi connectivity index (χ2v) is 7.07. The zero-order chi connectivity index (χ0) is 21.8. The van der Waals surface area contributed by atoms with Crippen LogP contribution in [0.4, 0.5) is 10.7 Å². The van der Waals surface area contributed by atoms with E-state index in [0.717, 1.165) is 4.68 Å². The molecule has 0 saturated heterocycles. The summed E-state index contributed by atoms with van der Waals surface area (Å²) in [4.78, 5) is 32.3. The van der Waals surface area contributed by atoms with Crippen molar-refractivity contribution < 1.29 is 32.2 Å². The number of hydrogen-bond donors (Lipinski definition) is 2. The van der Waals surface area contributed by atoms with Gasteiger partial charge in [-0.1, -0.05) is 0 Å². The normalized spacial score (nSPS) is 10.9. The fourth-order valence-electron chi connectivity index (χ4n) is 2.31. The van der Waals surface area contributed by atoms with E-state index in [-0.39, 0.29) is 24.3 Å². The van der Waals surface area contributed by atoms with E-state index in [0.29, 0.717) is 5.69 Å². The van der Waals surface area contributed by atoms with Crippen molar-refractivity contribution in [2.24, 2.45) is 7.05 Å². The number of carbonyl (C=O) groups is 2. The Morgan fingerprint density at radius 1 is 1.21 bits per heavy atom. The largest absolute Gasteiger partial charge is 0.481 e. The summed E-state index contributed by atoms with van der Waals surface area (Å²) in [6, 6.07) is 0.362. The first kappa shape index (κ1) is 21.9. The van der Waals surface area contributed by atoms with Crippen molar-refractivity contribution in [1.82, 2.24) is 24.5 Å². The molecule has 158 valence electrons. The molecule has 0 atom stereocenters. The summed E-state index contributed by atoms with van der Waals surface area (Å²) in [5.74, 6) is -1.23. The number of sulfonamides is 1. The Bertz CT molecular complexity index is 1030. The van der Waals surface area contributed by atoms with Crippen molar-refractivity contribution in [1.29, 1.82) is 0 Å². The quantitative estimate of drug-likeness (QED) is 0.583. The minimum atomic E-state index is -4.55. The molecule has 2 heterocycles. The zero-order valence-corrected chi connectivity index (χ0v) is 17.2. The van der Waals surface area contributed by atoms with Crippen LogP contribution in [0.2, 0.25) is 0 Å². The van der Waals surface area contributed by atoms with Gasteiger partial charge in [0.2, 0.25) is 17.7 Å². The molecule has 0 fully saturated rings. The lowest BCUT2D eigenvalue weighted by Crippen LogP contribution is -2.36. The number of esters is 1. The first-order chi connectivity index (χ1) is 13.6. The number of rotatable bonds is 7. The van der Waals surface area contributed by atoms with Gasteiger partial charge in [0.25, 0.3) is 10.0 Å². The highest BCUT2D eigenvalue weighted by Gasteiger charge is 2.34. The fraction of sp³-hybridized carbons (Fsp3) is 0.400. The van der Waals surface area contributed by atoms with Crippen LogP contribution in [0.25, 0.3) is 0 Å². The molecule has 0 unspecified atom stereocenters. The highest BCUT2D eigenvalue weighted by Crippen LogP contribution is 2.26. The van der Waals surface area contributed by atoms with E-state index in [1.807, 2.05) is 0 Å². The summed E-state index contributed by atoms with van der Waals surface area (Å²) < 4.78 is 42.9. The summed E-state index contributed by atoms with van der Waals surface area (Å²) >= 11 is 0. The summed E-state index contributed by atoms with van der Waals surface area (Å²) in [6.07, 6.45) is 0. The Labute approximate surface area is 166 Å². The van der Waals surface area contributed by atoms with Crippen molar-refractivity contribution in [3.8, 4) is 11.8 Å². The second-order valence-electron chi connectivity index (χ2n) is 5.47. The van der Waals surface area contributed by atoms with Crippen LogP contribution in [0.3, 0.4) is 0 Å². The summed E-state index contributed by atoms with van der Waals surface area (Å²) in [7, 11) is -0.688. The van der Waals surface area contributed by atoms with Gasteiger partial charge in [-0.3, -0.25) is 10.00 Å². The van der Waals surface area contributed by atoms with Crippen LogP contribution in [-0.4, -0.2) is 61.0 Å². The third-order valence-electron chi connectivity index (χ3n) is 3.38. The monoisotopic (exact) mass is 428 g/mol. The molecule has 13 nitrogen and oxygen atoms in total. The minimum absolute atomic E-state index is 0.00316. The Kier molecular flexibility index (Phi) is 6.58. The van der Waals surface area contributed by atoms with E-state index in [2.05, 4.69) is 20.4 Å². The number of hydrogen-bond acceptors (Lipinski definition) is 10. The Hall–Kier alpha value is -3.42. The first-order valence-electron chi connectivity index (χ1n) is 8.14. The minimum Gasteiger partial charge on any atom is -0.481 e. The van der Waals surface area contributed by atoms with E-state index >= 15 is 0 Å². The molecule has 0 aliphatic heterocycles. The number of methoxy groups -OCH3 is 2. The summed E-state index contributed by atoms with van der Waals surface area (Å²) in [6.45, 7) is 3.19. The SMILES string of the molecule is CCOC(=O)c1c(OC)nn(C)c1S(=O)(=O)NC(=O)Nc1nc(C)cc(OC)n1. The van der Waals surface area contributed by atoms with Gasteiger partial charge in [-0.2, -0.15) is 13.4 Å². The molecule has 0 radical (unpaired) electrons. The average Bonchev–Trinajstić information content (AvgIpc) is 2.98. The molecule has 29 heavy (non-hydrogen) atoms. The number of aromatic nitrogens is 4. The predicted molar refractivity (Wildman–Crippen MR) is 98.4 cm³/mol. The molecule has 0 bridgehead atoms. The standard InChI is InChI=1S/C15H20N6O7S/c1-6-28-13(22)10-11(27-5)19-21(3)12(10)29(24,25)20-15(23)18-14-16-8(2)7-9(17-14)26-4/h7H,6H2,1-5H3,(H2,16,17,18,20,23). The molecular weight excluding hydrogens is 408 g/mol. The number of aryl methyl sites for hydroxylation is 2. The maximum atomic E-state index is 12.7. The van der Waals surface area contributed by atoms with Crippen molar-refractivity contribution in [2.45, 2.75) is 18.9 Å². The third-order valence-corrected chi connectivity index (χ3v) is 4.81. The molecule has 2 N–H and O–H groups in total. The lowest BCUT2D eigenvalue weighted by molar-refractivity contribution is 0.0517. The van der Waals surface area contributed by atoms with E-state index in [1.54, 1.807) is 18.6 Å². The smallest absolute Gasteiger partial charge is 0.346 e. The Balaban J connectivity index is 2.34. The van der Waals surface area contributed by atoms with Crippen LogP contribution in [0.1, 0.15) is 23.0 Å². The topological polar surface area (TPSA) is 164 Å². The lowest BCUT2D eigenvalue weighted by Gasteiger charge is -2.10. The van der Waals surface area contributed by atoms with Crippen LogP contribution in [0.15, 0.2) is 11.1 Å². The molecule has 2 aromatic heterocycles. The van der Waals surface area contributed by atoms with Crippen LogP contribution in [0.5, 0.6) is 11.8 Å². The molecular formula is C15H20N6O7S. The molecule has 0 spiro atoms. The number of ether oxygens (including phenoxy) is 3. The zero-order valence-electron chi connectivity index (χ0n) is 16.3. The Morgan fingerprint density at radius 2 is 1.90 bits per heavy atom. The van der Waals surface area contributed by atoms with E-state index < -0.39 is 32.6 Å². The number of urea groups is 1. The highest BCUT2D eigenvalue weighted by molar-refractivity contribution is 7.90. The van der Waals surface area contributed by atoms with Gasteiger partial charge in [0, 0.05) is 18.8 Å². The molecule has 0 aromatic carbocycles. The van der Waals surface area contributed by atoms with Crippen molar-refractivity contribution in [3.63, 3.8) is 0 Å². The van der Waals surface area contributed by atoms with Gasteiger partial charge in [-0.25, -0.2) is 19.3 Å². The van der Waals surface area contributed by atoms with Crippen molar-refractivity contribution in [2.75, 3.05) is 26.1 Å². The molecule has 0 aliphatic carbocycles. The van der Waals surface area contributed by atoms with Gasteiger partial charge in [-0.15, -0.1) is 5.10 Å². The van der Waals surface area contributed by atoms with Gasteiger partial charge in [0.05, 0.1) is 20.8 Å². The maximum Gasteiger partial charge on any atom is 0.346 e. The van der Waals surface area contributed by atoms with Gasteiger partial charge in [0.15, 0.2) is 10.6 Å². The molecule has 2 amide bonds. The number of amides is 2. The average molecular weight is 428 g/mol. The number of nitrogens with zero attached hydrogens (tertiary/aromatic N) is 4. The van der Waals surface area contributed by atoms with Crippen LogP contribution in [0, 0.1) is 6.92 Å². The van der Waals surface area contributed by atoms with Crippen LogP contribution >= 0.6 is 0 Å². The molecule has 0 aliphatic rings. The highest BCUT2D eigenvalue weighted by atomic mass is 32.2. The van der Waals surface area contributed by atoms with Gasteiger partial charge < -0.3 is 14.2 Å². The number of carbonyl (C=O) groups excluding carboxylic acids is 2. The predicted octanol–water partition coefficient (Wildman–Crippen LogP) is 0.223. The van der Waals surface area contributed by atoms with E-state index in [9.17, 15) is 18.0 Å². The van der Waals surface area contributed by atoms with Crippen LogP contribution in [-0.2, 0) is 21.8 Å². The second kappa shape index (κ2) is 8.72. The van der Waals surface area contributed by atoms with Crippen molar-refractivity contribution >= 4 is 28.0 Å². The first-order valence-corrected chi connectivity index (χ1v) is 9.62. The molecule has 14 heteroatoms. The van der Waals surface area contributed by atoms with Crippen LogP contribution < -0.4 is 19.5 Å². The molecule has 0 saturated carbocycles.